The molecule has 1 aromatic carbocycles. The van der Waals surface area contributed by atoms with Crippen LogP contribution in [0.3, 0.4) is 0 Å². The van der Waals surface area contributed by atoms with Crippen LogP contribution in [0.2, 0.25) is 0 Å². The predicted octanol–water partition coefficient (Wildman–Crippen LogP) is 4.25. The highest BCUT2D eigenvalue weighted by Gasteiger charge is 2.47. The van der Waals surface area contributed by atoms with Crippen molar-refractivity contribution in [3.63, 3.8) is 0 Å². The van der Waals surface area contributed by atoms with Crippen molar-refractivity contribution in [3.05, 3.63) is 80.8 Å². The van der Waals surface area contributed by atoms with Gasteiger partial charge >= 0.3 is 5.97 Å². The molecule has 1 atom stereocenters. The van der Waals surface area contributed by atoms with E-state index >= 15 is 0 Å². The zero-order valence-corrected chi connectivity index (χ0v) is 19.5. The number of hydrogen-bond donors (Lipinski definition) is 2. The first-order valence-electron chi connectivity index (χ1n) is 10.1. The molecule has 0 saturated heterocycles. The monoisotopic (exact) mass is 492 g/mol. The second kappa shape index (κ2) is 8.12. The fourth-order valence-electron chi connectivity index (χ4n) is 3.86. The van der Waals surface area contributed by atoms with Gasteiger partial charge in [-0.05, 0) is 44.2 Å². The summed E-state index contributed by atoms with van der Waals surface area (Å²) < 4.78 is 0.552. The summed E-state index contributed by atoms with van der Waals surface area (Å²) in [6.45, 7) is 3.48. The fourth-order valence-corrected chi connectivity index (χ4v) is 5.77. The van der Waals surface area contributed by atoms with E-state index in [2.05, 4.69) is 15.0 Å². The van der Waals surface area contributed by atoms with Crippen LogP contribution in [0, 0.1) is 13.8 Å². The molecule has 34 heavy (non-hydrogen) atoms. The lowest BCUT2D eigenvalue weighted by Crippen LogP contribution is -2.31. The van der Waals surface area contributed by atoms with Crippen molar-refractivity contribution in [2.45, 2.75) is 19.9 Å². The maximum atomic E-state index is 13.6. The van der Waals surface area contributed by atoms with Crippen molar-refractivity contribution in [1.82, 2.24) is 15.0 Å². The number of nitrogens with zero attached hydrogens (tertiary/aromatic N) is 4. The van der Waals surface area contributed by atoms with Gasteiger partial charge in [-0.1, -0.05) is 17.4 Å². The van der Waals surface area contributed by atoms with Gasteiger partial charge in [0, 0.05) is 6.20 Å². The summed E-state index contributed by atoms with van der Waals surface area (Å²) in [5.74, 6) is -3.03. The van der Waals surface area contributed by atoms with Crippen LogP contribution in [0.5, 0.6) is 0 Å². The minimum atomic E-state index is -1.08. The Bertz CT molecular complexity index is 1520. The van der Waals surface area contributed by atoms with Crippen molar-refractivity contribution in [2.24, 2.45) is 0 Å². The number of aromatic carboxylic acids is 1. The van der Waals surface area contributed by atoms with Gasteiger partial charge in [-0.15, -0.1) is 11.3 Å². The number of amides is 1. The smallest absolute Gasteiger partial charge is 0.335 e. The van der Waals surface area contributed by atoms with Gasteiger partial charge in [0.2, 0.25) is 5.78 Å². The lowest BCUT2D eigenvalue weighted by molar-refractivity contribution is -0.117. The molecular formula is C23H16N4O5S2. The van der Waals surface area contributed by atoms with E-state index in [1.54, 1.807) is 38.1 Å². The molecule has 1 aliphatic rings. The number of Topliss-reactive ketones (excluding diaryl/α,β-unsaturated/α-hetero) is 1. The number of aliphatic hydroxyl groups excluding tert-OH is 1. The highest BCUT2D eigenvalue weighted by Crippen LogP contribution is 2.44. The summed E-state index contributed by atoms with van der Waals surface area (Å²) in [7, 11) is 0. The van der Waals surface area contributed by atoms with Gasteiger partial charge in [-0.25, -0.2) is 14.8 Å². The molecule has 1 amide bonds. The second-order valence-electron chi connectivity index (χ2n) is 7.56. The number of anilines is 1. The van der Waals surface area contributed by atoms with Crippen molar-refractivity contribution in [1.29, 1.82) is 0 Å². The molecular weight excluding hydrogens is 476 g/mol. The number of hydrogen-bond acceptors (Lipinski definition) is 9. The van der Waals surface area contributed by atoms with E-state index in [0.29, 0.717) is 31.5 Å². The first kappa shape index (κ1) is 21.9. The van der Waals surface area contributed by atoms with Crippen molar-refractivity contribution in [3.8, 4) is 0 Å². The number of carbonyl (C=O) groups excluding carboxylic acids is 2. The Morgan fingerprint density at radius 3 is 2.53 bits per heavy atom. The zero-order chi connectivity index (χ0) is 24.1. The topological polar surface area (TPSA) is 134 Å². The molecule has 1 aliphatic heterocycles. The molecule has 170 valence electrons. The number of fused-ring (bicyclic) bond motifs is 1. The number of ketones is 1. The molecule has 0 aliphatic carbocycles. The van der Waals surface area contributed by atoms with Gasteiger partial charge in [0.25, 0.3) is 5.91 Å². The molecule has 2 N–H and O–H groups in total. The van der Waals surface area contributed by atoms with Crippen molar-refractivity contribution in [2.75, 3.05) is 4.90 Å². The number of carbonyl (C=O) groups is 3. The summed E-state index contributed by atoms with van der Waals surface area (Å²) in [6.07, 6.45) is 1.54. The SMILES string of the molecule is Cc1nc(C)c(C(=O)C2=C(O)C(=O)N(c3nc4ccc(C(=O)O)cc4s3)C2c2ccccn2)s1. The van der Waals surface area contributed by atoms with E-state index < -0.39 is 29.5 Å². The Morgan fingerprint density at radius 2 is 1.88 bits per heavy atom. The van der Waals surface area contributed by atoms with Gasteiger partial charge in [0.05, 0.1) is 42.6 Å². The lowest BCUT2D eigenvalue weighted by Gasteiger charge is -2.23. The first-order valence-corrected chi connectivity index (χ1v) is 11.7. The average molecular weight is 493 g/mol. The summed E-state index contributed by atoms with van der Waals surface area (Å²) in [4.78, 5) is 52.9. The summed E-state index contributed by atoms with van der Waals surface area (Å²) in [5, 5.41) is 21.1. The Labute approximate surface area is 200 Å². The third-order valence-electron chi connectivity index (χ3n) is 5.36. The Balaban J connectivity index is 1.67. The van der Waals surface area contributed by atoms with Crippen LogP contribution in [0.4, 0.5) is 5.13 Å². The molecule has 0 fully saturated rings. The largest absolute Gasteiger partial charge is 0.503 e. The second-order valence-corrected chi connectivity index (χ2v) is 9.77. The van der Waals surface area contributed by atoms with E-state index in [4.69, 9.17) is 0 Å². The normalized spacial score (nSPS) is 16.0. The highest BCUT2D eigenvalue weighted by molar-refractivity contribution is 7.22. The maximum Gasteiger partial charge on any atom is 0.335 e. The van der Waals surface area contributed by atoms with Gasteiger partial charge in [-0.3, -0.25) is 19.5 Å². The molecule has 3 aromatic heterocycles. The van der Waals surface area contributed by atoms with E-state index in [1.807, 2.05) is 0 Å². The molecule has 5 rings (SSSR count). The standard InChI is InChI=1S/C23H16N4O5S2/c1-10-20(33-11(2)25-10)18(28)16-17(14-5-3-4-8-24-14)27(21(30)19(16)29)23-26-13-7-6-12(22(31)32)9-15(13)34-23/h3-9,17,29H,1-2H3,(H,31,32). The molecule has 4 aromatic rings. The Morgan fingerprint density at radius 1 is 1.09 bits per heavy atom. The van der Waals surface area contributed by atoms with E-state index in [1.165, 1.54) is 34.6 Å². The highest BCUT2D eigenvalue weighted by atomic mass is 32.1. The first-order chi connectivity index (χ1) is 16.3. The number of carboxylic acids is 1. The molecule has 0 saturated carbocycles. The van der Waals surface area contributed by atoms with Gasteiger partial charge in [0.1, 0.15) is 6.04 Å². The molecule has 0 bridgehead atoms. The molecule has 4 heterocycles. The van der Waals surface area contributed by atoms with Gasteiger partial charge in [0.15, 0.2) is 10.9 Å². The van der Waals surface area contributed by atoms with Crippen LogP contribution in [0.1, 0.15) is 42.5 Å². The van der Waals surface area contributed by atoms with Crippen molar-refractivity contribution >= 4 is 55.7 Å². The van der Waals surface area contributed by atoms with E-state index in [9.17, 15) is 24.6 Å². The Kier molecular flexibility index (Phi) is 5.22. The number of benzene rings is 1. The lowest BCUT2D eigenvalue weighted by atomic mass is 9.98. The number of aryl methyl sites for hydroxylation is 2. The third kappa shape index (κ3) is 3.45. The Hall–Kier alpha value is -3.96. The number of rotatable bonds is 5. The number of aliphatic hydroxyl groups is 1. The summed E-state index contributed by atoms with van der Waals surface area (Å²) >= 11 is 2.28. The summed E-state index contributed by atoms with van der Waals surface area (Å²) in [6, 6.07) is 8.53. The third-order valence-corrected chi connectivity index (χ3v) is 7.45. The van der Waals surface area contributed by atoms with Crippen molar-refractivity contribution < 1.29 is 24.6 Å². The van der Waals surface area contributed by atoms with Crippen LogP contribution in [0.15, 0.2) is 53.9 Å². The molecule has 9 nitrogen and oxygen atoms in total. The fraction of sp³-hybridized carbons (Fsp3) is 0.130. The van der Waals surface area contributed by atoms with Crippen LogP contribution in [0.25, 0.3) is 10.2 Å². The number of thiazole rings is 2. The molecule has 1 unspecified atom stereocenters. The quantitative estimate of drug-likeness (QED) is 0.395. The minimum absolute atomic E-state index is 0.0876. The van der Waals surface area contributed by atoms with E-state index in [0.717, 1.165) is 11.3 Å². The van der Waals surface area contributed by atoms with Crippen LogP contribution < -0.4 is 4.90 Å². The van der Waals surface area contributed by atoms with Gasteiger partial charge < -0.3 is 10.2 Å². The summed E-state index contributed by atoms with van der Waals surface area (Å²) in [5.41, 5.74) is 1.38. The number of carboxylic acid groups (broad SMARTS) is 1. The van der Waals surface area contributed by atoms with Crippen LogP contribution >= 0.6 is 22.7 Å². The number of aromatic nitrogens is 3. The minimum Gasteiger partial charge on any atom is -0.503 e. The van der Waals surface area contributed by atoms with Gasteiger partial charge in [-0.2, -0.15) is 0 Å². The predicted molar refractivity (Wildman–Crippen MR) is 127 cm³/mol. The number of pyridine rings is 1. The van der Waals surface area contributed by atoms with Crippen LogP contribution in [-0.4, -0.2) is 42.8 Å². The van der Waals surface area contributed by atoms with Crippen LogP contribution in [-0.2, 0) is 4.79 Å². The maximum absolute atomic E-state index is 13.6. The molecule has 0 spiro atoms. The van der Waals surface area contributed by atoms with E-state index in [-0.39, 0.29) is 16.3 Å². The zero-order valence-electron chi connectivity index (χ0n) is 17.8. The molecule has 11 heteroatoms. The average Bonchev–Trinajstić information content (AvgIpc) is 3.46. The molecule has 0 radical (unpaired) electrons.